The van der Waals surface area contributed by atoms with Crippen LogP contribution in [0, 0.1) is 0 Å². The summed E-state index contributed by atoms with van der Waals surface area (Å²) in [6, 6.07) is 0. The molecule has 1 unspecified atom stereocenters. The van der Waals surface area contributed by atoms with Crippen molar-refractivity contribution < 1.29 is 33.3 Å². The number of rotatable bonds is 4. The molecule has 0 N–H and O–H groups in total. The predicted molar refractivity (Wildman–Crippen MR) is 71.9 cm³/mol. The number of alkyl halides is 2. The van der Waals surface area contributed by atoms with Gasteiger partial charge in [-0.1, -0.05) is 0 Å². The van der Waals surface area contributed by atoms with E-state index in [0.717, 1.165) is 13.8 Å². The maximum Gasteiger partial charge on any atom is 0.305 e. The van der Waals surface area contributed by atoms with Crippen molar-refractivity contribution >= 4 is 41.1 Å². The van der Waals surface area contributed by atoms with Crippen molar-refractivity contribution in [1.82, 2.24) is 0 Å². The van der Waals surface area contributed by atoms with E-state index in [1.165, 1.54) is 6.92 Å². The Balaban J connectivity index is 3.05. The Morgan fingerprint density at radius 3 is 1.86 bits per heavy atom. The zero-order valence-electron chi connectivity index (χ0n) is 11.7. The molecule has 0 saturated carbocycles. The van der Waals surface area contributed by atoms with Crippen molar-refractivity contribution in [1.29, 1.82) is 0 Å². The molecule has 1 saturated heterocycles. The zero-order chi connectivity index (χ0) is 16.2. The summed E-state index contributed by atoms with van der Waals surface area (Å²) in [5, 5.41) is -0.859. The van der Waals surface area contributed by atoms with Gasteiger partial charge in [-0.25, -0.2) is 0 Å². The van der Waals surface area contributed by atoms with Gasteiger partial charge in [0.15, 0.2) is 6.10 Å². The molecule has 0 aromatic carbocycles. The van der Waals surface area contributed by atoms with Gasteiger partial charge in [0.1, 0.15) is 5.38 Å². The minimum Gasteiger partial charge on any atom is -0.457 e. The Hall–Kier alpha value is -1.05. The smallest absolute Gasteiger partial charge is 0.305 e. The number of esters is 3. The lowest BCUT2D eigenvalue weighted by Crippen LogP contribution is -2.59. The summed E-state index contributed by atoms with van der Waals surface area (Å²) in [5.41, 5.74) is 0. The van der Waals surface area contributed by atoms with Crippen LogP contribution in [0.5, 0.6) is 0 Å². The van der Waals surface area contributed by atoms with Gasteiger partial charge in [0.2, 0.25) is 12.4 Å². The number of carbonyl (C=O) groups excluding carboxylic acids is 3. The van der Waals surface area contributed by atoms with Gasteiger partial charge in [-0.2, -0.15) is 0 Å². The highest BCUT2D eigenvalue weighted by atomic mass is 35.5. The van der Waals surface area contributed by atoms with Gasteiger partial charge in [-0.05, 0) is 0 Å². The minimum absolute atomic E-state index is 0.0174. The third-order valence-corrected chi connectivity index (χ3v) is 3.44. The van der Waals surface area contributed by atoms with Crippen molar-refractivity contribution in [3.8, 4) is 0 Å². The largest absolute Gasteiger partial charge is 0.457 e. The van der Waals surface area contributed by atoms with E-state index in [4.69, 9.17) is 42.1 Å². The lowest BCUT2D eigenvalue weighted by atomic mass is 10.0. The topological polar surface area (TPSA) is 88.1 Å². The summed E-state index contributed by atoms with van der Waals surface area (Å²) < 4.78 is 20.5. The Bertz CT molecular complexity index is 414. The number of hydrogen-bond acceptors (Lipinski definition) is 7. The highest BCUT2D eigenvalue weighted by Crippen LogP contribution is 2.31. The Morgan fingerprint density at radius 1 is 0.952 bits per heavy atom. The van der Waals surface area contributed by atoms with Gasteiger partial charge in [-0.15, -0.1) is 23.2 Å². The molecule has 1 heterocycles. The fourth-order valence-corrected chi connectivity index (χ4v) is 2.59. The van der Waals surface area contributed by atoms with E-state index in [0.29, 0.717) is 0 Å². The first-order valence-electron chi connectivity index (χ1n) is 6.13. The molecule has 5 atom stereocenters. The van der Waals surface area contributed by atoms with Crippen molar-refractivity contribution in [2.75, 3.05) is 5.88 Å². The summed E-state index contributed by atoms with van der Waals surface area (Å²) in [5.74, 6) is -1.96. The average molecular weight is 343 g/mol. The standard InChI is InChI=1S/C12H16Cl2O7/c1-5(15)18-10-9(14)8(4-13)21-12(20-7(3)17)11(10)19-6(2)16/h8-12H,4H2,1-3H3/t8-,9+,10+,11-,12?/m1/s1. The van der Waals surface area contributed by atoms with Crippen LogP contribution in [0.1, 0.15) is 20.8 Å². The molecular weight excluding hydrogens is 327 g/mol. The number of halogens is 2. The summed E-state index contributed by atoms with van der Waals surface area (Å²) in [7, 11) is 0. The van der Waals surface area contributed by atoms with Gasteiger partial charge in [0, 0.05) is 20.8 Å². The fourth-order valence-electron chi connectivity index (χ4n) is 1.89. The number of ether oxygens (including phenoxy) is 4. The third-order valence-electron chi connectivity index (χ3n) is 2.61. The second-order valence-corrected chi connectivity index (χ2v) is 5.21. The van der Waals surface area contributed by atoms with Gasteiger partial charge in [0.25, 0.3) is 0 Å². The molecule has 120 valence electrons. The molecule has 0 aromatic rings. The van der Waals surface area contributed by atoms with Crippen LogP contribution in [0.15, 0.2) is 0 Å². The third kappa shape index (κ3) is 5.01. The van der Waals surface area contributed by atoms with Crippen LogP contribution >= 0.6 is 23.2 Å². The SMILES string of the molecule is CC(=O)OC1O[C@H](CCl)[C@H](Cl)[C@H](OC(C)=O)[C@H]1OC(C)=O. The lowest BCUT2D eigenvalue weighted by Gasteiger charge is -2.41. The first kappa shape index (κ1) is 18.0. The Kier molecular flexibility index (Phi) is 6.70. The minimum atomic E-state index is -1.26. The summed E-state index contributed by atoms with van der Waals surface area (Å²) in [4.78, 5) is 33.5. The van der Waals surface area contributed by atoms with Crippen molar-refractivity contribution in [3.63, 3.8) is 0 Å². The predicted octanol–water partition coefficient (Wildman–Crippen LogP) is 0.984. The van der Waals surface area contributed by atoms with E-state index < -0.39 is 47.9 Å². The highest BCUT2D eigenvalue weighted by Gasteiger charge is 2.50. The molecular formula is C12H16Cl2O7. The molecule has 21 heavy (non-hydrogen) atoms. The molecule has 1 aliphatic rings. The van der Waals surface area contributed by atoms with Crippen LogP contribution in [-0.4, -0.2) is 53.8 Å². The highest BCUT2D eigenvalue weighted by molar-refractivity contribution is 6.23. The molecule has 1 rings (SSSR count). The van der Waals surface area contributed by atoms with E-state index in [1.807, 2.05) is 0 Å². The molecule has 0 aliphatic carbocycles. The van der Waals surface area contributed by atoms with E-state index in [-0.39, 0.29) is 5.88 Å². The van der Waals surface area contributed by atoms with Crippen LogP contribution in [0.2, 0.25) is 0 Å². The normalized spacial score (nSPS) is 32.1. The summed E-state index contributed by atoms with van der Waals surface area (Å²) in [6.07, 6.45) is -4.21. The van der Waals surface area contributed by atoms with Gasteiger partial charge in [0.05, 0.1) is 12.0 Å². The second-order valence-electron chi connectivity index (χ2n) is 4.40. The summed E-state index contributed by atoms with van der Waals surface area (Å²) >= 11 is 11.9. The van der Waals surface area contributed by atoms with Crippen LogP contribution in [0.3, 0.4) is 0 Å². The zero-order valence-corrected chi connectivity index (χ0v) is 13.2. The number of hydrogen-bond donors (Lipinski definition) is 0. The maximum absolute atomic E-state index is 11.2. The molecule has 0 aromatic heterocycles. The van der Waals surface area contributed by atoms with Gasteiger partial charge >= 0.3 is 17.9 Å². The van der Waals surface area contributed by atoms with E-state index in [2.05, 4.69) is 0 Å². The van der Waals surface area contributed by atoms with Crippen molar-refractivity contribution in [2.24, 2.45) is 0 Å². The molecule has 0 amide bonds. The van der Waals surface area contributed by atoms with Crippen LogP contribution < -0.4 is 0 Å². The fraction of sp³-hybridized carbons (Fsp3) is 0.750. The Labute approximate surface area is 131 Å². The van der Waals surface area contributed by atoms with Crippen LogP contribution in [0.25, 0.3) is 0 Å². The first-order valence-corrected chi connectivity index (χ1v) is 7.10. The monoisotopic (exact) mass is 342 g/mol. The molecule has 0 radical (unpaired) electrons. The van der Waals surface area contributed by atoms with Crippen LogP contribution in [-0.2, 0) is 33.3 Å². The number of carbonyl (C=O) groups is 3. The van der Waals surface area contributed by atoms with Gasteiger partial charge in [-0.3, -0.25) is 14.4 Å². The van der Waals surface area contributed by atoms with Crippen LogP contribution in [0.4, 0.5) is 0 Å². The Morgan fingerprint density at radius 2 is 1.43 bits per heavy atom. The second kappa shape index (κ2) is 7.82. The van der Waals surface area contributed by atoms with E-state index in [9.17, 15) is 14.4 Å². The molecule has 1 aliphatic heterocycles. The quantitative estimate of drug-likeness (QED) is 0.427. The molecule has 0 bridgehead atoms. The van der Waals surface area contributed by atoms with Crippen molar-refractivity contribution in [2.45, 2.75) is 50.8 Å². The maximum atomic E-state index is 11.2. The molecule has 9 heteroatoms. The van der Waals surface area contributed by atoms with E-state index in [1.54, 1.807) is 0 Å². The summed E-state index contributed by atoms with van der Waals surface area (Å²) in [6.45, 7) is 3.50. The molecule has 7 nitrogen and oxygen atoms in total. The first-order chi connectivity index (χ1) is 9.76. The average Bonchev–Trinajstić information content (AvgIpc) is 2.35. The van der Waals surface area contributed by atoms with Crippen molar-refractivity contribution in [3.05, 3.63) is 0 Å². The molecule has 0 spiro atoms. The van der Waals surface area contributed by atoms with E-state index >= 15 is 0 Å². The van der Waals surface area contributed by atoms with Gasteiger partial charge < -0.3 is 18.9 Å². The molecule has 1 fully saturated rings. The lowest BCUT2D eigenvalue weighted by molar-refractivity contribution is -0.262.